The number of H-pyrrole nitrogens is 1. The zero-order valence-electron chi connectivity index (χ0n) is 14.5. The van der Waals surface area contributed by atoms with Crippen LogP contribution in [0.1, 0.15) is 21.6 Å². The Morgan fingerprint density at radius 1 is 1.07 bits per heavy atom. The predicted octanol–water partition coefficient (Wildman–Crippen LogP) is 5.54. The zero-order chi connectivity index (χ0) is 19.7. The molecule has 2 aromatic carbocycles. The first kappa shape index (κ1) is 19.5. The summed E-state index contributed by atoms with van der Waals surface area (Å²) < 4.78 is 5.09. The largest absolute Gasteiger partial charge is 0.452 e. The van der Waals surface area contributed by atoms with Gasteiger partial charge in [0.15, 0.2) is 6.61 Å². The smallest absolute Gasteiger partial charge is 0.338 e. The van der Waals surface area contributed by atoms with Crippen molar-refractivity contribution < 1.29 is 14.3 Å². The molecule has 0 fully saturated rings. The number of hydrogen-bond donors (Lipinski definition) is 2. The molecule has 140 valence electrons. The molecule has 8 heteroatoms. The van der Waals surface area contributed by atoms with Crippen molar-refractivity contribution in [2.75, 3.05) is 11.9 Å². The van der Waals surface area contributed by atoms with Crippen molar-refractivity contribution in [2.24, 2.45) is 0 Å². The second-order valence-electron chi connectivity index (χ2n) is 6.00. The number of hydrogen-bond acceptors (Lipinski definition) is 3. The summed E-state index contributed by atoms with van der Waals surface area (Å²) in [5, 5.41) is 4.18. The van der Waals surface area contributed by atoms with Gasteiger partial charge in [0.05, 0.1) is 21.3 Å². The number of amides is 1. The summed E-state index contributed by atoms with van der Waals surface area (Å²) in [5.74, 6) is -1.16. The van der Waals surface area contributed by atoms with E-state index in [1.54, 1.807) is 18.2 Å². The fourth-order valence-electron chi connectivity index (χ4n) is 2.64. The lowest BCUT2D eigenvalue weighted by molar-refractivity contribution is -0.119. The number of rotatable bonds is 4. The first-order valence-corrected chi connectivity index (χ1v) is 9.10. The molecule has 2 N–H and O–H groups in total. The molecule has 0 bridgehead atoms. The van der Waals surface area contributed by atoms with Gasteiger partial charge >= 0.3 is 5.97 Å². The number of esters is 1. The summed E-state index contributed by atoms with van der Waals surface area (Å²) in [4.78, 5) is 27.6. The molecule has 0 saturated heterocycles. The summed E-state index contributed by atoms with van der Waals surface area (Å²) in [7, 11) is 0. The molecule has 3 rings (SSSR count). The number of carbonyl (C=O) groups excluding carboxylic acids is 2. The van der Waals surface area contributed by atoms with Crippen LogP contribution >= 0.6 is 34.8 Å². The fourth-order valence-corrected chi connectivity index (χ4v) is 3.55. The quantitative estimate of drug-likeness (QED) is 0.539. The minimum absolute atomic E-state index is 0.191. The van der Waals surface area contributed by atoms with Gasteiger partial charge in [0, 0.05) is 21.6 Å². The van der Waals surface area contributed by atoms with Crippen LogP contribution in [-0.2, 0) is 9.53 Å². The molecular weight excluding hydrogens is 411 g/mol. The minimum Gasteiger partial charge on any atom is -0.452 e. The summed E-state index contributed by atoms with van der Waals surface area (Å²) in [5.41, 5.74) is 3.60. The molecule has 0 aliphatic carbocycles. The highest BCUT2D eigenvalue weighted by Gasteiger charge is 2.15. The number of nitrogens with one attached hydrogen (secondary N) is 2. The van der Waals surface area contributed by atoms with Crippen molar-refractivity contribution >= 4 is 63.3 Å². The van der Waals surface area contributed by atoms with Gasteiger partial charge in [0.2, 0.25) is 0 Å². The highest BCUT2D eigenvalue weighted by molar-refractivity contribution is 6.42. The van der Waals surface area contributed by atoms with Gasteiger partial charge in [-0.15, -0.1) is 0 Å². The van der Waals surface area contributed by atoms with Crippen LogP contribution in [0.15, 0.2) is 30.3 Å². The molecule has 0 atom stereocenters. The number of halogens is 3. The van der Waals surface area contributed by atoms with Crippen molar-refractivity contribution in [3.63, 3.8) is 0 Å². The fraction of sp³-hybridized carbons (Fsp3) is 0.158. The van der Waals surface area contributed by atoms with E-state index in [9.17, 15) is 9.59 Å². The molecule has 1 heterocycles. The third-order valence-electron chi connectivity index (χ3n) is 4.15. The number of benzene rings is 2. The molecule has 27 heavy (non-hydrogen) atoms. The maximum Gasteiger partial charge on any atom is 0.338 e. The number of ether oxygens (including phenoxy) is 1. The predicted molar refractivity (Wildman–Crippen MR) is 108 cm³/mol. The van der Waals surface area contributed by atoms with Crippen molar-refractivity contribution in [1.29, 1.82) is 0 Å². The number of fused-ring (bicyclic) bond motifs is 1. The van der Waals surface area contributed by atoms with E-state index < -0.39 is 18.5 Å². The van der Waals surface area contributed by atoms with Crippen LogP contribution in [0.4, 0.5) is 5.69 Å². The van der Waals surface area contributed by atoms with E-state index in [4.69, 9.17) is 39.5 Å². The Bertz CT molecular complexity index is 1040. The van der Waals surface area contributed by atoms with Gasteiger partial charge in [-0.2, -0.15) is 0 Å². The molecule has 0 aliphatic heterocycles. The second-order valence-corrected chi connectivity index (χ2v) is 7.25. The minimum atomic E-state index is -0.599. The van der Waals surface area contributed by atoms with Crippen LogP contribution in [0.2, 0.25) is 15.1 Å². The van der Waals surface area contributed by atoms with E-state index >= 15 is 0 Å². The summed E-state index contributed by atoms with van der Waals surface area (Å²) in [6.45, 7) is 3.46. The number of aromatic amines is 1. The molecule has 0 spiro atoms. The molecular formula is C19H15Cl3N2O3. The Morgan fingerprint density at radius 3 is 2.41 bits per heavy atom. The lowest BCUT2D eigenvalue weighted by Gasteiger charge is -2.10. The van der Waals surface area contributed by atoms with Gasteiger partial charge in [-0.3, -0.25) is 4.79 Å². The summed E-state index contributed by atoms with van der Waals surface area (Å²) in [6.07, 6.45) is 0. The average Bonchev–Trinajstić information content (AvgIpc) is 2.90. The van der Waals surface area contributed by atoms with Gasteiger partial charge in [0.25, 0.3) is 5.91 Å². The van der Waals surface area contributed by atoms with Crippen LogP contribution < -0.4 is 5.32 Å². The molecule has 0 unspecified atom stereocenters. The third-order valence-corrected chi connectivity index (χ3v) is 4.96. The Kier molecular flexibility index (Phi) is 5.65. The Balaban J connectivity index is 1.67. The van der Waals surface area contributed by atoms with E-state index in [0.29, 0.717) is 10.6 Å². The topological polar surface area (TPSA) is 71.2 Å². The third kappa shape index (κ3) is 4.21. The van der Waals surface area contributed by atoms with E-state index in [1.165, 1.54) is 12.1 Å². The standard InChI is InChI=1S/C19H15Cl3N2O3/c1-9-10(2)23-16-4-3-11(5-13(9)16)19(26)27-8-17(25)24-18-14(21)6-12(20)7-15(18)22/h3-7,23H,8H2,1-2H3,(H,24,25). The number of aryl methyl sites for hydroxylation is 2. The van der Waals surface area contributed by atoms with E-state index in [0.717, 1.165) is 22.2 Å². The summed E-state index contributed by atoms with van der Waals surface area (Å²) >= 11 is 17.9. The van der Waals surface area contributed by atoms with Crippen LogP contribution in [-0.4, -0.2) is 23.5 Å². The van der Waals surface area contributed by atoms with Crippen LogP contribution in [0.3, 0.4) is 0 Å². The average molecular weight is 426 g/mol. The van der Waals surface area contributed by atoms with E-state index in [-0.39, 0.29) is 15.7 Å². The lowest BCUT2D eigenvalue weighted by atomic mass is 10.1. The maximum atomic E-state index is 12.3. The van der Waals surface area contributed by atoms with Crippen LogP contribution in [0.25, 0.3) is 10.9 Å². The van der Waals surface area contributed by atoms with Crippen molar-refractivity contribution in [1.82, 2.24) is 4.98 Å². The molecule has 1 amide bonds. The van der Waals surface area contributed by atoms with Crippen molar-refractivity contribution in [2.45, 2.75) is 13.8 Å². The highest BCUT2D eigenvalue weighted by atomic mass is 35.5. The van der Waals surface area contributed by atoms with Crippen molar-refractivity contribution in [3.05, 3.63) is 62.2 Å². The molecule has 5 nitrogen and oxygen atoms in total. The number of aromatic nitrogens is 1. The SMILES string of the molecule is Cc1[nH]c2ccc(C(=O)OCC(=O)Nc3c(Cl)cc(Cl)cc3Cl)cc2c1C. The van der Waals surface area contributed by atoms with Crippen LogP contribution in [0.5, 0.6) is 0 Å². The Labute approximate surface area is 170 Å². The molecule has 3 aromatic rings. The lowest BCUT2D eigenvalue weighted by Crippen LogP contribution is -2.21. The molecule has 1 aromatic heterocycles. The highest BCUT2D eigenvalue weighted by Crippen LogP contribution is 2.33. The maximum absolute atomic E-state index is 12.3. The van der Waals surface area contributed by atoms with Gasteiger partial charge in [-0.05, 0) is 49.7 Å². The molecule has 0 radical (unpaired) electrons. The first-order valence-electron chi connectivity index (χ1n) is 7.96. The zero-order valence-corrected chi connectivity index (χ0v) is 16.7. The number of carbonyl (C=O) groups is 2. The van der Waals surface area contributed by atoms with Crippen LogP contribution in [0, 0.1) is 13.8 Å². The summed E-state index contributed by atoms with van der Waals surface area (Å²) in [6, 6.07) is 8.09. The monoisotopic (exact) mass is 424 g/mol. The molecule has 0 saturated carbocycles. The first-order chi connectivity index (χ1) is 12.8. The normalized spacial score (nSPS) is 10.9. The van der Waals surface area contributed by atoms with E-state index in [2.05, 4.69) is 10.3 Å². The number of anilines is 1. The Morgan fingerprint density at radius 2 is 1.74 bits per heavy atom. The van der Waals surface area contributed by atoms with Gasteiger partial charge in [-0.1, -0.05) is 34.8 Å². The molecule has 0 aliphatic rings. The Hall–Kier alpha value is -2.21. The van der Waals surface area contributed by atoms with Crippen molar-refractivity contribution in [3.8, 4) is 0 Å². The van der Waals surface area contributed by atoms with E-state index in [1.807, 2.05) is 13.8 Å². The van der Waals surface area contributed by atoms with Gasteiger partial charge in [0.1, 0.15) is 0 Å². The van der Waals surface area contributed by atoms with Gasteiger partial charge in [-0.25, -0.2) is 4.79 Å². The second kappa shape index (κ2) is 7.80. The van der Waals surface area contributed by atoms with Gasteiger partial charge < -0.3 is 15.0 Å².